The Morgan fingerprint density at radius 2 is 2.00 bits per heavy atom. The normalized spacial score (nSPS) is 18.1. The van der Waals surface area contributed by atoms with Gasteiger partial charge in [-0.1, -0.05) is 0 Å². The first-order valence-corrected chi connectivity index (χ1v) is 9.24. The minimum atomic E-state index is -0.607. The molecule has 2 aliphatic rings. The van der Waals surface area contributed by atoms with Crippen LogP contribution in [0.2, 0.25) is 0 Å². The number of methoxy groups -OCH3 is 1. The van der Waals surface area contributed by atoms with Crippen molar-refractivity contribution in [2.45, 2.75) is 18.9 Å². The molecule has 2 aromatic rings. The van der Waals surface area contributed by atoms with Gasteiger partial charge in [-0.2, -0.15) is 0 Å². The van der Waals surface area contributed by atoms with Crippen molar-refractivity contribution in [1.29, 1.82) is 0 Å². The summed E-state index contributed by atoms with van der Waals surface area (Å²) in [6.45, 7) is 0.836. The zero-order valence-corrected chi connectivity index (χ0v) is 15.7. The molecule has 1 unspecified atom stereocenters. The summed E-state index contributed by atoms with van der Waals surface area (Å²) in [7, 11) is 1.35. The predicted octanol–water partition coefficient (Wildman–Crippen LogP) is 2.86. The average Bonchev–Trinajstić information content (AvgIpc) is 3.31. The van der Waals surface area contributed by atoms with Crippen LogP contribution in [0.4, 0.5) is 10.1 Å². The molecule has 0 aromatic heterocycles. The molecule has 1 fully saturated rings. The number of ether oxygens (including phenoxy) is 2. The fraction of sp³-hybridized carbons (Fsp3) is 0.286. The minimum Gasteiger partial charge on any atom is -0.494 e. The van der Waals surface area contributed by atoms with E-state index in [0.717, 1.165) is 18.9 Å². The number of rotatable bonds is 5. The van der Waals surface area contributed by atoms with E-state index in [4.69, 9.17) is 9.47 Å². The molecule has 0 saturated carbocycles. The van der Waals surface area contributed by atoms with Gasteiger partial charge in [0.1, 0.15) is 0 Å². The molecule has 1 saturated heterocycles. The van der Waals surface area contributed by atoms with E-state index >= 15 is 0 Å². The number of carbonyl (C=O) groups excluding carboxylic acids is 3. The molecule has 1 N–H and O–H groups in total. The molecular weight excluding hydrogens is 379 g/mol. The molecule has 8 heteroatoms. The quantitative estimate of drug-likeness (QED) is 0.783. The van der Waals surface area contributed by atoms with Crippen LogP contribution in [0.25, 0.3) is 0 Å². The number of benzene rings is 2. The van der Waals surface area contributed by atoms with Crippen molar-refractivity contribution in [1.82, 2.24) is 4.90 Å². The Kier molecular flexibility index (Phi) is 5.02. The summed E-state index contributed by atoms with van der Waals surface area (Å²) < 4.78 is 24.2. The fourth-order valence-electron chi connectivity index (χ4n) is 3.54. The lowest BCUT2D eigenvalue weighted by Crippen LogP contribution is -2.36. The highest BCUT2D eigenvalue weighted by Gasteiger charge is 2.37. The van der Waals surface area contributed by atoms with E-state index in [2.05, 4.69) is 5.32 Å². The van der Waals surface area contributed by atoms with Gasteiger partial charge in [-0.3, -0.25) is 19.3 Å². The number of carbonyl (C=O) groups is 3. The lowest BCUT2D eigenvalue weighted by atomic mass is 10.1. The van der Waals surface area contributed by atoms with Crippen LogP contribution in [0, 0.1) is 5.82 Å². The maximum atomic E-state index is 13.8. The number of nitrogens with zero attached hydrogens (tertiary/aromatic N) is 1. The summed E-state index contributed by atoms with van der Waals surface area (Å²) in [5.74, 6) is -1.88. The van der Waals surface area contributed by atoms with Gasteiger partial charge in [0.25, 0.3) is 17.7 Å². The van der Waals surface area contributed by atoms with Crippen molar-refractivity contribution in [3.05, 3.63) is 58.9 Å². The van der Waals surface area contributed by atoms with Crippen LogP contribution in [0.15, 0.2) is 36.4 Å². The summed E-state index contributed by atoms with van der Waals surface area (Å²) >= 11 is 0. The van der Waals surface area contributed by atoms with Gasteiger partial charge < -0.3 is 14.8 Å². The van der Waals surface area contributed by atoms with Crippen LogP contribution in [-0.2, 0) is 4.74 Å². The Labute approximate surface area is 166 Å². The van der Waals surface area contributed by atoms with Gasteiger partial charge in [-0.05, 0) is 43.2 Å². The van der Waals surface area contributed by atoms with Gasteiger partial charge in [0.05, 0.1) is 30.9 Å². The largest absolute Gasteiger partial charge is 0.494 e. The zero-order chi connectivity index (χ0) is 20.5. The topological polar surface area (TPSA) is 84.9 Å². The molecular formula is C21H19FN2O5. The third-order valence-electron chi connectivity index (χ3n) is 5.05. The smallest absolute Gasteiger partial charge is 0.261 e. The third-order valence-corrected chi connectivity index (χ3v) is 5.05. The highest BCUT2D eigenvalue weighted by molar-refractivity contribution is 6.22. The molecule has 2 aliphatic heterocycles. The fourth-order valence-corrected chi connectivity index (χ4v) is 3.54. The predicted molar refractivity (Wildman–Crippen MR) is 102 cm³/mol. The second kappa shape index (κ2) is 7.63. The number of nitrogens with one attached hydrogen (secondary N) is 1. The Hall–Kier alpha value is -3.26. The highest BCUT2D eigenvalue weighted by atomic mass is 19.1. The first-order chi connectivity index (χ1) is 14.0. The van der Waals surface area contributed by atoms with E-state index < -0.39 is 17.6 Å². The molecule has 4 rings (SSSR count). The molecule has 0 aliphatic carbocycles. The molecule has 0 radical (unpaired) electrons. The second-order valence-corrected chi connectivity index (χ2v) is 6.92. The monoisotopic (exact) mass is 398 g/mol. The van der Waals surface area contributed by atoms with Gasteiger partial charge in [0.2, 0.25) is 0 Å². The van der Waals surface area contributed by atoms with Gasteiger partial charge in [0.15, 0.2) is 11.6 Å². The van der Waals surface area contributed by atoms with Crippen LogP contribution in [0.1, 0.15) is 43.9 Å². The maximum absolute atomic E-state index is 13.8. The molecule has 1 atom stereocenters. The first-order valence-electron chi connectivity index (χ1n) is 9.24. The van der Waals surface area contributed by atoms with Crippen molar-refractivity contribution >= 4 is 23.4 Å². The van der Waals surface area contributed by atoms with Gasteiger partial charge in [-0.15, -0.1) is 0 Å². The maximum Gasteiger partial charge on any atom is 0.261 e. The van der Waals surface area contributed by atoms with Crippen molar-refractivity contribution < 1.29 is 28.2 Å². The lowest BCUT2D eigenvalue weighted by molar-refractivity contribution is 0.0475. The number of hydrogen-bond acceptors (Lipinski definition) is 5. The molecule has 0 bridgehead atoms. The summed E-state index contributed by atoms with van der Waals surface area (Å²) in [6.07, 6.45) is 1.56. The minimum absolute atomic E-state index is 0.0657. The molecule has 2 heterocycles. The van der Waals surface area contributed by atoms with Gasteiger partial charge >= 0.3 is 0 Å². The Morgan fingerprint density at radius 3 is 2.69 bits per heavy atom. The van der Waals surface area contributed by atoms with Crippen molar-refractivity contribution in [3.63, 3.8) is 0 Å². The highest BCUT2D eigenvalue weighted by Crippen LogP contribution is 2.27. The molecule has 150 valence electrons. The summed E-state index contributed by atoms with van der Waals surface area (Å²) in [5.41, 5.74) is 0.887. The van der Waals surface area contributed by atoms with Crippen molar-refractivity contribution in [2.75, 3.05) is 25.6 Å². The molecule has 2 aromatic carbocycles. The lowest BCUT2D eigenvalue weighted by Gasteiger charge is -2.17. The number of hydrogen-bond donors (Lipinski definition) is 1. The van der Waals surface area contributed by atoms with Crippen LogP contribution < -0.4 is 10.1 Å². The van der Waals surface area contributed by atoms with E-state index in [1.807, 2.05) is 0 Å². The molecule has 7 nitrogen and oxygen atoms in total. The van der Waals surface area contributed by atoms with Crippen LogP contribution in [0.3, 0.4) is 0 Å². The molecule has 0 spiro atoms. The summed E-state index contributed by atoms with van der Waals surface area (Å²) in [6, 6.07) is 8.37. The Morgan fingerprint density at radius 1 is 1.21 bits per heavy atom. The van der Waals surface area contributed by atoms with Crippen LogP contribution in [0.5, 0.6) is 5.75 Å². The Balaban J connectivity index is 1.52. The van der Waals surface area contributed by atoms with Crippen molar-refractivity contribution in [2.24, 2.45) is 0 Å². The number of anilines is 1. The van der Waals surface area contributed by atoms with Gasteiger partial charge in [0, 0.05) is 23.9 Å². The second-order valence-electron chi connectivity index (χ2n) is 6.92. The Bertz CT molecular complexity index is 1000. The van der Waals surface area contributed by atoms with E-state index in [1.54, 1.807) is 0 Å². The SMILES string of the molecule is COc1ccc(NC(=O)c2ccc3c(c2)C(=O)N(CC2CCCO2)C3=O)cc1F. The standard InChI is InChI=1S/C21H19FN2O5/c1-28-18-7-5-13(10-17(18)22)23-19(25)12-4-6-15-16(9-12)21(27)24(20(15)26)11-14-3-2-8-29-14/h4-7,9-10,14H,2-3,8,11H2,1H3,(H,23,25). The van der Waals surface area contributed by atoms with Crippen LogP contribution >= 0.6 is 0 Å². The van der Waals surface area contributed by atoms with E-state index in [-0.39, 0.29) is 46.7 Å². The summed E-state index contributed by atoms with van der Waals surface area (Å²) in [5, 5.41) is 2.57. The van der Waals surface area contributed by atoms with Gasteiger partial charge in [-0.25, -0.2) is 4.39 Å². The van der Waals surface area contributed by atoms with E-state index in [9.17, 15) is 18.8 Å². The number of amides is 3. The third kappa shape index (κ3) is 3.58. The average molecular weight is 398 g/mol. The zero-order valence-electron chi connectivity index (χ0n) is 15.7. The van der Waals surface area contributed by atoms with E-state index in [0.29, 0.717) is 6.61 Å². The molecule has 3 amide bonds. The number of halogens is 1. The molecule has 29 heavy (non-hydrogen) atoms. The summed E-state index contributed by atoms with van der Waals surface area (Å²) in [4.78, 5) is 39.0. The first kappa shape index (κ1) is 19.1. The van der Waals surface area contributed by atoms with Crippen LogP contribution in [-0.4, -0.2) is 49.0 Å². The number of fused-ring (bicyclic) bond motifs is 1. The van der Waals surface area contributed by atoms with Crippen molar-refractivity contribution in [3.8, 4) is 5.75 Å². The number of imide groups is 1. The van der Waals surface area contributed by atoms with E-state index in [1.165, 1.54) is 42.3 Å².